The van der Waals surface area contributed by atoms with Gasteiger partial charge in [-0.25, -0.2) is 4.79 Å². The fraction of sp³-hybridized carbons (Fsp3) is 0.800. The van der Waals surface area contributed by atoms with Crippen molar-refractivity contribution in [1.82, 2.24) is 0 Å². The fourth-order valence-electron chi connectivity index (χ4n) is 3.58. The van der Waals surface area contributed by atoms with Gasteiger partial charge in [-0.15, -0.1) is 0 Å². The third-order valence-electron chi connectivity index (χ3n) is 5.26. The van der Waals surface area contributed by atoms with E-state index in [1.165, 1.54) is 25.7 Å². The lowest BCUT2D eigenvalue weighted by molar-refractivity contribution is -0.144. The molecule has 0 N–H and O–H groups in total. The maximum absolute atomic E-state index is 11.6. The van der Waals surface area contributed by atoms with Crippen LogP contribution in [0.2, 0.25) is 0 Å². The number of hydrogen-bond donors (Lipinski definition) is 0. The van der Waals surface area contributed by atoms with Gasteiger partial charge in [-0.2, -0.15) is 0 Å². The molecule has 1 aliphatic carbocycles. The lowest BCUT2D eigenvalue weighted by Gasteiger charge is -2.40. The minimum absolute atomic E-state index is 0.133. The molecule has 0 atom stereocenters. The van der Waals surface area contributed by atoms with Crippen LogP contribution in [0.3, 0.4) is 0 Å². The molecule has 0 unspecified atom stereocenters. The maximum atomic E-state index is 11.6. The Labute approximate surface area is 147 Å². The number of ether oxygens (including phenoxy) is 2. The number of hydrogen-bond acceptors (Lipinski definition) is 4. The fourth-order valence-corrected chi connectivity index (χ4v) is 3.58. The van der Waals surface area contributed by atoms with Crippen molar-refractivity contribution in [3.05, 3.63) is 12.2 Å². The standard InChI is InChI=1S/C20H34O4/c1-5-7-17-8-10-20(11-9-17,12-14-23-18(21)6-2)13-15-24-19(22)16(3)4/h17H,3,5-15H2,1-2,4H3. The third-order valence-corrected chi connectivity index (χ3v) is 5.26. The monoisotopic (exact) mass is 338 g/mol. The minimum Gasteiger partial charge on any atom is -0.466 e. The van der Waals surface area contributed by atoms with Gasteiger partial charge in [-0.1, -0.05) is 33.3 Å². The summed E-state index contributed by atoms with van der Waals surface area (Å²) in [5.41, 5.74) is 0.570. The first kappa shape index (κ1) is 20.7. The van der Waals surface area contributed by atoms with E-state index in [0.29, 0.717) is 25.2 Å². The van der Waals surface area contributed by atoms with E-state index in [1.54, 1.807) is 6.92 Å². The molecule has 4 nitrogen and oxygen atoms in total. The van der Waals surface area contributed by atoms with Gasteiger partial charge in [0.05, 0.1) is 13.2 Å². The quantitative estimate of drug-likeness (QED) is 0.423. The molecule has 0 bridgehead atoms. The first-order chi connectivity index (χ1) is 11.4. The van der Waals surface area contributed by atoms with Crippen molar-refractivity contribution >= 4 is 11.9 Å². The average molecular weight is 338 g/mol. The van der Waals surface area contributed by atoms with Gasteiger partial charge in [0, 0.05) is 12.0 Å². The molecular formula is C20H34O4. The normalized spacial score (nSPS) is 23.5. The number of rotatable bonds is 10. The highest BCUT2D eigenvalue weighted by Gasteiger charge is 2.35. The van der Waals surface area contributed by atoms with Gasteiger partial charge in [0.2, 0.25) is 0 Å². The predicted molar refractivity (Wildman–Crippen MR) is 95.6 cm³/mol. The van der Waals surface area contributed by atoms with Crippen molar-refractivity contribution in [2.75, 3.05) is 13.2 Å². The van der Waals surface area contributed by atoms with Crippen molar-refractivity contribution < 1.29 is 19.1 Å². The van der Waals surface area contributed by atoms with E-state index in [9.17, 15) is 9.59 Å². The van der Waals surface area contributed by atoms with Gasteiger partial charge < -0.3 is 9.47 Å². The molecule has 0 aromatic heterocycles. The minimum atomic E-state index is -0.317. The molecule has 0 aliphatic heterocycles. The van der Waals surface area contributed by atoms with Crippen molar-refractivity contribution in [1.29, 1.82) is 0 Å². The van der Waals surface area contributed by atoms with Crippen LogP contribution >= 0.6 is 0 Å². The van der Waals surface area contributed by atoms with E-state index in [1.807, 2.05) is 6.92 Å². The van der Waals surface area contributed by atoms with Crippen LogP contribution in [-0.4, -0.2) is 25.2 Å². The van der Waals surface area contributed by atoms with Crippen LogP contribution in [0.1, 0.15) is 78.6 Å². The van der Waals surface area contributed by atoms with E-state index < -0.39 is 0 Å². The van der Waals surface area contributed by atoms with Crippen molar-refractivity contribution in [2.45, 2.75) is 78.6 Å². The second-order valence-corrected chi connectivity index (χ2v) is 7.22. The van der Waals surface area contributed by atoms with Crippen LogP contribution < -0.4 is 0 Å². The Hall–Kier alpha value is -1.32. The zero-order chi connectivity index (χ0) is 18.0. The molecule has 4 heteroatoms. The van der Waals surface area contributed by atoms with E-state index in [2.05, 4.69) is 13.5 Å². The summed E-state index contributed by atoms with van der Waals surface area (Å²) in [7, 11) is 0. The lowest BCUT2D eigenvalue weighted by atomic mass is 9.66. The Morgan fingerprint density at radius 3 is 2.17 bits per heavy atom. The molecule has 0 amide bonds. The van der Waals surface area contributed by atoms with E-state index in [4.69, 9.17) is 9.47 Å². The van der Waals surface area contributed by atoms with Gasteiger partial charge in [-0.3, -0.25) is 4.79 Å². The molecule has 0 saturated heterocycles. The lowest BCUT2D eigenvalue weighted by Crippen LogP contribution is -2.31. The van der Waals surface area contributed by atoms with Crippen LogP contribution in [0, 0.1) is 11.3 Å². The Morgan fingerprint density at radius 2 is 1.67 bits per heavy atom. The highest BCUT2D eigenvalue weighted by atomic mass is 16.5. The molecule has 1 fully saturated rings. The molecule has 0 aromatic rings. The first-order valence-electron chi connectivity index (χ1n) is 9.40. The number of carbonyl (C=O) groups excluding carboxylic acids is 2. The van der Waals surface area contributed by atoms with Gasteiger partial charge >= 0.3 is 11.9 Å². The van der Waals surface area contributed by atoms with Crippen LogP contribution in [0.25, 0.3) is 0 Å². The second-order valence-electron chi connectivity index (χ2n) is 7.22. The Kier molecular flexibility index (Phi) is 9.09. The molecule has 1 rings (SSSR count). The highest BCUT2D eigenvalue weighted by Crippen LogP contribution is 2.45. The largest absolute Gasteiger partial charge is 0.466 e. The van der Waals surface area contributed by atoms with Gasteiger partial charge in [-0.05, 0) is 56.8 Å². The Morgan fingerprint density at radius 1 is 1.08 bits per heavy atom. The van der Waals surface area contributed by atoms with E-state index in [0.717, 1.165) is 31.6 Å². The summed E-state index contributed by atoms with van der Waals surface area (Å²) in [6.45, 7) is 10.2. The van der Waals surface area contributed by atoms with Gasteiger partial charge in [0.25, 0.3) is 0 Å². The number of esters is 2. The first-order valence-corrected chi connectivity index (χ1v) is 9.40. The third kappa shape index (κ3) is 7.06. The summed E-state index contributed by atoms with van der Waals surface area (Å²) >= 11 is 0. The van der Waals surface area contributed by atoms with Gasteiger partial charge in [0.1, 0.15) is 0 Å². The molecule has 0 spiro atoms. The van der Waals surface area contributed by atoms with Crippen LogP contribution in [0.4, 0.5) is 0 Å². The zero-order valence-corrected chi connectivity index (χ0v) is 15.7. The smallest absolute Gasteiger partial charge is 0.333 e. The molecule has 0 heterocycles. The predicted octanol–water partition coefficient (Wildman–Crippen LogP) is 4.82. The number of carbonyl (C=O) groups is 2. The van der Waals surface area contributed by atoms with Gasteiger partial charge in [0.15, 0.2) is 0 Å². The second kappa shape index (κ2) is 10.5. The highest BCUT2D eigenvalue weighted by molar-refractivity contribution is 5.86. The molecule has 1 aliphatic rings. The summed E-state index contributed by atoms with van der Waals surface area (Å²) in [6, 6.07) is 0. The molecule has 0 aromatic carbocycles. The van der Waals surface area contributed by atoms with E-state index in [-0.39, 0.29) is 17.4 Å². The van der Waals surface area contributed by atoms with Crippen molar-refractivity contribution in [3.8, 4) is 0 Å². The summed E-state index contributed by atoms with van der Waals surface area (Å²) in [5.74, 6) is 0.361. The zero-order valence-electron chi connectivity index (χ0n) is 15.7. The summed E-state index contributed by atoms with van der Waals surface area (Å²) in [5, 5.41) is 0. The Bertz CT molecular complexity index is 419. The van der Waals surface area contributed by atoms with Crippen LogP contribution in [-0.2, 0) is 19.1 Å². The molecule has 138 valence electrons. The summed E-state index contributed by atoms with van der Waals surface area (Å²) in [6.07, 6.45) is 9.37. The average Bonchev–Trinajstić information content (AvgIpc) is 2.56. The molecule has 1 saturated carbocycles. The summed E-state index contributed by atoms with van der Waals surface area (Å²) < 4.78 is 10.6. The maximum Gasteiger partial charge on any atom is 0.333 e. The Balaban J connectivity index is 2.54. The molecule has 0 radical (unpaired) electrons. The van der Waals surface area contributed by atoms with Crippen molar-refractivity contribution in [3.63, 3.8) is 0 Å². The molecular weight excluding hydrogens is 304 g/mol. The van der Waals surface area contributed by atoms with Crippen LogP contribution in [0.15, 0.2) is 12.2 Å². The van der Waals surface area contributed by atoms with Crippen LogP contribution in [0.5, 0.6) is 0 Å². The molecule has 24 heavy (non-hydrogen) atoms. The van der Waals surface area contributed by atoms with Crippen molar-refractivity contribution in [2.24, 2.45) is 11.3 Å². The van der Waals surface area contributed by atoms with E-state index >= 15 is 0 Å². The SMILES string of the molecule is C=C(C)C(=O)OCCC1(CCOC(=O)CC)CCC(CCC)CC1. The summed E-state index contributed by atoms with van der Waals surface area (Å²) in [4.78, 5) is 22.9. The topological polar surface area (TPSA) is 52.6 Å².